The first-order chi connectivity index (χ1) is 9.77. The van der Waals surface area contributed by atoms with Crippen molar-refractivity contribution >= 4 is 21.4 Å². The largest absolute Gasteiger partial charge is 0.315 e. The maximum atomic E-state index is 13.0. The predicted molar refractivity (Wildman–Crippen MR) is 88.1 cm³/mol. The summed E-state index contributed by atoms with van der Waals surface area (Å²) < 4.78 is 28.1. The molecule has 3 unspecified atom stereocenters. The average Bonchev–Trinajstić information content (AvgIpc) is 2.76. The fourth-order valence-corrected chi connectivity index (χ4v) is 6.63. The number of piperidine rings is 1. The zero-order valence-corrected chi connectivity index (χ0v) is 15.1. The van der Waals surface area contributed by atoms with Gasteiger partial charge >= 0.3 is 0 Å². The second-order valence-corrected chi connectivity index (χ2v) is 9.59. The van der Waals surface area contributed by atoms with Crippen LogP contribution in [-0.2, 0) is 16.6 Å². The van der Waals surface area contributed by atoms with Gasteiger partial charge in [-0.05, 0) is 50.8 Å². The van der Waals surface area contributed by atoms with Crippen LogP contribution in [0.15, 0.2) is 10.3 Å². The molecule has 120 valence electrons. The molecule has 2 rings (SSSR count). The second-order valence-electron chi connectivity index (χ2n) is 6.34. The standard InChI is InChI=1S/C15H26N2O2S2/c1-10-6-11(2)13(4)17(9-10)21(18,19)15-7-12(3)14(20-15)8-16-5/h7,10-11,13,16H,6,8-9H2,1-5H3. The van der Waals surface area contributed by atoms with Crippen LogP contribution in [0.25, 0.3) is 0 Å². The van der Waals surface area contributed by atoms with Gasteiger partial charge in [0.2, 0.25) is 0 Å². The van der Waals surface area contributed by atoms with Gasteiger partial charge in [0.1, 0.15) is 4.21 Å². The van der Waals surface area contributed by atoms with Gasteiger partial charge in [-0.15, -0.1) is 11.3 Å². The Bertz CT molecular complexity index is 595. The Morgan fingerprint density at radius 2 is 2.05 bits per heavy atom. The summed E-state index contributed by atoms with van der Waals surface area (Å²) in [6.07, 6.45) is 1.10. The smallest absolute Gasteiger partial charge is 0.252 e. The summed E-state index contributed by atoms with van der Waals surface area (Å²) in [6, 6.07) is 1.89. The minimum atomic E-state index is -3.37. The number of nitrogens with one attached hydrogen (secondary N) is 1. The number of hydrogen-bond donors (Lipinski definition) is 1. The third-order valence-electron chi connectivity index (χ3n) is 4.44. The Kier molecular flexibility index (Phi) is 5.13. The number of rotatable bonds is 4. The van der Waals surface area contributed by atoms with Crippen LogP contribution in [0, 0.1) is 18.8 Å². The molecule has 3 atom stereocenters. The lowest BCUT2D eigenvalue weighted by atomic mass is 9.88. The van der Waals surface area contributed by atoms with E-state index >= 15 is 0 Å². The van der Waals surface area contributed by atoms with Crippen LogP contribution < -0.4 is 5.32 Å². The lowest BCUT2D eigenvalue weighted by Gasteiger charge is -2.39. The molecule has 1 aliphatic heterocycles. The van der Waals surface area contributed by atoms with E-state index in [1.54, 1.807) is 4.31 Å². The Hall–Kier alpha value is -0.430. The van der Waals surface area contributed by atoms with Crippen LogP contribution in [0.4, 0.5) is 0 Å². The Labute approximate surface area is 132 Å². The molecular weight excluding hydrogens is 304 g/mol. The average molecular weight is 331 g/mol. The van der Waals surface area contributed by atoms with Gasteiger partial charge in [0.15, 0.2) is 0 Å². The van der Waals surface area contributed by atoms with Gasteiger partial charge in [-0.1, -0.05) is 13.8 Å². The molecule has 6 heteroatoms. The van der Waals surface area contributed by atoms with Gasteiger partial charge in [0.25, 0.3) is 10.0 Å². The molecule has 1 N–H and O–H groups in total. The van der Waals surface area contributed by atoms with E-state index in [2.05, 4.69) is 19.2 Å². The van der Waals surface area contributed by atoms with Crippen molar-refractivity contribution in [1.82, 2.24) is 9.62 Å². The monoisotopic (exact) mass is 330 g/mol. The maximum Gasteiger partial charge on any atom is 0.252 e. The Morgan fingerprint density at radius 1 is 1.38 bits per heavy atom. The van der Waals surface area contributed by atoms with Crippen LogP contribution in [0.1, 0.15) is 37.6 Å². The highest BCUT2D eigenvalue weighted by atomic mass is 32.2. The number of sulfonamides is 1. The van der Waals surface area contributed by atoms with Crippen LogP contribution in [-0.4, -0.2) is 32.4 Å². The Balaban J connectivity index is 2.34. The van der Waals surface area contributed by atoms with Crippen molar-refractivity contribution in [2.75, 3.05) is 13.6 Å². The summed E-state index contributed by atoms with van der Waals surface area (Å²) in [4.78, 5) is 1.10. The zero-order valence-electron chi connectivity index (χ0n) is 13.5. The first-order valence-corrected chi connectivity index (χ1v) is 9.78. The highest BCUT2D eigenvalue weighted by molar-refractivity contribution is 7.91. The minimum Gasteiger partial charge on any atom is -0.315 e. The van der Waals surface area contributed by atoms with Crippen molar-refractivity contribution in [2.45, 2.75) is 50.9 Å². The molecule has 0 radical (unpaired) electrons. The lowest BCUT2D eigenvalue weighted by Crippen LogP contribution is -2.48. The first-order valence-electron chi connectivity index (χ1n) is 7.53. The van der Waals surface area contributed by atoms with Crippen molar-refractivity contribution in [2.24, 2.45) is 11.8 Å². The van der Waals surface area contributed by atoms with Gasteiger partial charge in [0.05, 0.1) is 0 Å². The van der Waals surface area contributed by atoms with E-state index in [0.29, 0.717) is 29.1 Å². The maximum absolute atomic E-state index is 13.0. The van der Waals surface area contributed by atoms with E-state index in [1.165, 1.54) is 11.3 Å². The lowest BCUT2D eigenvalue weighted by molar-refractivity contribution is 0.157. The third kappa shape index (κ3) is 3.33. The summed E-state index contributed by atoms with van der Waals surface area (Å²) in [5.41, 5.74) is 1.05. The van der Waals surface area contributed by atoms with Crippen molar-refractivity contribution in [3.05, 3.63) is 16.5 Å². The summed E-state index contributed by atoms with van der Waals surface area (Å²) in [7, 11) is -1.49. The molecular formula is C15H26N2O2S2. The molecule has 0 spiro atoms. The Morgan fingerprint density at radius 3 is 2.67 bits per heavy atom. The van der Waals surface area contributed by atoms with Gasteiger partial charge in [-0.2, -0.15) is 4.31 Å². The van der Waals surface area contributed by atoms with Crippen molar-refractivity contribution in [3.8, 4) is 0 Å². The van der Waals surface area contributed by atoms with Crippen LogP contribution in [0.5, 0.6) is 0 Å². The van der Waals surface area contributed by atoms with E-state index < -0.39 is 10.0 Å². The van der Waals surface area contributed by atoms with Gasteiger partial charge in [-0.25, -0.2) is 8.42 Å². The topological polar surface area (TPSA) is 49.4 Å². The minimum absolute atomic E-state index is 0.0707. The van der Waals surface area contributed by atoms with Crippen molar-refractivity contribution in [3.63, 3.8) is 0 Å². The molecule has 1 aromatic rings. The van der Waals surface area contributed by atoms with E-state index in [1.807, 2.05) is 27.0 Å². The summed E-state index contributed by atoms with van der Waals surface area (Å²) >= 11 is 1.40. The quantitative estimate of drug-likeness (QED) is 0.923. The predicted octanol–water partition coefficient (Wildman–Crippen LogP) is 2.83. The SMILES string of the molecule is CNCc1sc(S(=O)(=O)N2CC(C)CC(C)C2C)cc1C. The van der Waals surface area contributed by atoms with Crippen molar-refractivity contribution in [1.29, 1.82) is 0 Å². The van der Waals surface area contributed by atoms with E-state index in [-0.39, 0.29) is 6.04 Å². The molecule has 0 bridgehead atoms. The molecule has 4 nitrogen and oxygen atoms in total. The van der Waals surface area contributed by atoms with E-state index in [9.17, 15) is 8.42 Å². The summed E-state index contributed by atoms with van der Waals surface area (Å²) in [6.45, 7) is 9.64. The molecule has 0 aromatic carbocycles. The summed E-state index contributed by atoms with van der Waals surface area (Å²) in [5, 5.41) is 3.09. The highest BCUT2D eigenvalue weighted by Gasteiger charge is 2.38. The molecule has 0 amide bonds. The van der Waals surface area contributed by atoms with Gasteiger partial charge < -0.3 is 5.32 Å². The highest BCUT2D eigenvalue weighted by Crippen LogP contribution is 2.35. The molecule has 2 heterocycles. The van der Waals surface area contributed by atoms with Gasteiger partial charge in [-0.3, -0.25) is 0 Å². The van der Waals surface area contributed by atoms with Crippen LogP contribution in [0.3, 0.4) is 0 Å². The fraction of sp³-hybridized carbons (Fsp3) is 0.733. The molecule has 1 aliphatic rings. The molecule has 1 saturated heterocycles. The normalized spacial score (nSPS) is 28.0. The molecule has 0 saturated carbocycles. The van der Waals surface area contributed by atoms with Crippen LogP contribution in [0.2, 0.25) is 0 Å². The first kappa shape index (κ1) is 16.9. The van der Waals surface area contributed by atoms with Crippen molar-refractivity contribution < 1.29 is 8.42 Å². The third-order valence-corrected chi connectivity index (χ3v) is 8.08. The summed E-state index contributed by atoms with van der Waals surface area (Å²) in [5.74, 6) is 0.824. The number of nitrogens with zero attached hydrogens (tertiary/aromatic N) is 1. The zero-order chi connectivity index (χ0) is 15.8. The number of thiophene rings is 1. The fourth-order valence-electron chi connectivity index (χ4n) is 3.05. The van der Waals surface area contributed by atoms with Crippen LogP contribution >= 0.6 is 11.3 Å². The van der Waals surface area contributed by atoms with E-state index in [4.69, 9.17) is 0 Å². The van der Waals surface area contributed by atoms with Gasteiger partial charge in [0, 0.05) is 24.0 Å². The number of aryl methyl sites for hydroxylation is 1. The molecule has 1 aromatic heterocycles. The molecule has 0 aliphatic carbocycles. The molecule has 21 heavy (non-hydrogen) atoms. The molecule has 1 fully saturated rings. The second kappa shape index (κ2) is 6.36. The van der Waals surface area contributed by atoms with E-state index in [0.717, 1.165) is 16.9 Å². The number of hydrogen-bond acceptors (Lipinski definition) is 4.